The van der Waals surface area contributed by atoms with E-state index in [-0.39, 0.29) is 22.8 Å². The molecular formula is C21H26N4O2. The van der Waals surface area contributed by atoms with Crippen LogP contribution in [0.3, 0.4) is 0 Å². The van der Waals surface area contributed by atoms with Crippen LogP contribution in [0.1, 0.15) is 50.3 Å². The van der Waals surface area contributed by atoms with Gasteiger partial charge in [0.2, 0.25) is 5.91 Å². The highest BCUT2D eigenvalue weighted by Crippen LogP contribution is 2.63. The molecule has 6 heteroatoms. The number of hydrogen-bond acceptors (Lipinski definition) is 4. The molecule has 2 aliphatic heterocycles. The Morgan fingerprint density at radius 2 is 2.19 bits per heavy atom. The molecule has 0 bridgehead atoms. The van der Waals surface area contributed by atoms with Crippen LogP contribution in [0.4, 0.5) is 0 Å². The minimum atomic E-state index is -0.245. The maximum atomic E-state index is 12.9. The first-order valence-corrected chi connectivity index (χ1v) is 9.96. The Hall–Kier alpha value is -2.37. The van der Waals surface area contributed by atoms with E-state index in [1.807, 2.05) is 18.2 Å². The number of ether oxygens (including phenoxy) is 1. The van der Waals surface area contributed by atoms with Crippen molar-refractivity contribution >= 4 is 5.91 Å². The van der Waals surface area contributed by atoms with Crippen molar-refractivity contribution in [1.29, 1.82) is 0 Å². The third-order valence-corrected chi connectivity index (χ3v) is 6.28. The van der Waals surface area contributed by atoms with Crippen molar-refractivity contribution in [2.75, 3.05) is 6.54 Å². The van der Waals surface area contributed by atoms with E-state index in [1.54, 1.807) is 0 Å². The lowest BCUT2D eigenvalue weighted by atomic mass is 9.80. The lowest BCUT2D eigenvalue weighted by Gasteiger charge is -2.38. The van der Waals surface area contributed by atoms with Gasteiger partial charge in [-0.15, -0.1) is 10.2 Å². The number of rotatable bonds is 4. The van der Waals surface area contributed by atoms with Gasteiger partial charge in [-0.3, -0.25) is 4.79 Å². The minimum absolute atomic E-state index is 0.0333. The monoisotopic (exact) mass is 366 g/mol. The largest absolute Gasteiger partial charge is 0.488 e. The smallest absolute Gasteiger partial charge is 0.224 e. The SMILES string of the molecule is CC1(C)C[C@@]2(C[C@@H]2C(=O)NCCc2nnc3n2CCC3)c2ccccc2O1. The molecule has 0 saturated heterocycles. The zero-order valence-electron chi connectivity index (χ0n) is 16.0. The molecule has 1 aromatic heterocycles. The van der Waals surface area contributed by atoms with Crippen molar-refractivity contribution in [2.45, 2.75) is 63.5 Å². The van der Waals surface area contributed by atoms with Gasteiger partial charge in [0.25, 0.3) is 0 Å². The summed E-state index contributed by atoms with van der Waals surface area (Å²) in [6, 6.07) is 8.19. The quantitative estimate of drug-likeness (QED) is 0.902. The van der Waals surface area contributed by atoms with Crippen LogP contribution in [0, 0.1) is 5.92 Å². The van der Waals surface area contributed by atoms with Crippen LogP contribution in [-0.2, 0) is 29.6 Å². The van der Waals surface area contributed by atoms with Crippen LogP contribution in [-0.4, -0.2) is 32.8 Å². The second-order valence-corrected chi connectivity index (χ2v) is 8.78. The van der Waals surface area contributed by atoms with Gasteiger partial charge < -0.3 is 14.6 Å². The van der Waals surface area contributed by atoms with E-state index in [9.17, 15) is 4.79 Å². The van der Waals surface area contributed by atoms with Crippen molar-refractivity contribution in [2.24, 2.45) is 5.92 Å². The molecule has 6 nitrogen and oxygen atoms in total. The summed E-state index contributed by atoms with van der Waals surface area (Å²) in [6.07, 6.45) is 4.69. The Morgan fingerprint density at radius 1 is 1.33 bits per heavy atom. The summed E-state index contributed by atoms with van der Waals surface area (Å²) in [7, 11) is 0. The molecule has 3 heterocycles. The molecule has 3 aliphatic rings. The van der Waals surface area contributed by atoms with Crippen LogP contribution >= 0.6 is 0 Å². The molecule has 1 aromatic carbocycles. The van der Waals surface area contributed by atoms with Crippen molar-refractivity contribution < 1.29 is 9.53 Å². The Labute approximate surface area is 159 Å². The number of carbonyl (C=O) groups is 1. The summed E-state index contributed by atoms with van der Waals surface area (Å²) >= 11 is 0. The number of carbonyl (C=O) groups excluding carboxylic acids is 1. The second-order valence-electron chi connectivity index (χ2n) is 8.78. The van der Waals surface area contributed by atoms with E-state index in [2.05, 4.69) is 40.0 Å². The van der Waals surface area contributed by atoms with E-state index in [0.29, 0.717) is 6.54 Å². The molecule has 142 valence electrons. The van der Waals surface area contributed by atoms with Gasteiger partial charge in [-0.1, -0.05) is 18.2 Å². The van der Waals surface area contributed by atoms with Gasteiger partial charge in [0.1, 0.15) is 23.0 Å². The Bertz CT molecular complexity index is 903. The van der Waals surface area contributed by atoms with Gasteiger partial charge in [0, 0.05) is 42.8 Å². The molecule has 0 unspecified atom stereocenters. The zero-order valence-corrected chi connectivity index (χ0v) is 16.0. The molecule has 2 atom stereocenters. The third kappa shape index (κ3) is 2.73. The number of hydrogen-bond donors (Lipinski definition) is 1. The van der Waals surface area contributed by atoms with E-state index >= 15 is 0 Å². The first-order chi connectivity index (χ1) is 13.0. The highest BCUT2D eigenvalue weighted by atomic mass is 16.5. The van der Waals surface area contributed by atoms with Crippen LogP contribution in [0.15, 0.2) is 24.3 Å². The number of para-hydroxylation sites is 1. The van der Waals surface area contributed by atoms with Gasteiger partial charge in [-0.2, -0.15) is 0 Å². The van der Waals surface area contributed by atoms with Gasteiger partial charge in [0.15, 0.2) is 0 Å². The van der Waals surface area contributed by atoms with Gasteiger partial charge >= 0.3 is 0 Å². The number of benzene rings is 1. The molecule has 1 N–H and O–H groups in total. The normalized spacial score (nSPS) is 27.0. The number of nitrogens with one attached hydrogen (secondary N) is 1. The summed E-state index contributed by atoms with van der Waals surface area (Å²) in [6.45, 7) is 5.85. The fourth-order valence-corrected chi connectivity index (χ4v) is 5.11. The van der Waals surface area contributed by atoms with Crippen molar-refractivity contribution in [1.82, 2.24) is 20.1 Å². The van der Waals surface area contributed by atoms with Crippen molar-refractivity contribution in [3.63, 3.8) is 0 Å². The highest BCUT2D eigenvalue weighted by molar-refractivity contribution is 5.85. The molecule has 1 aliphatic carbocycles. The summed E-state index contributed by atoms with van der Waals surface area (Å²) in [4.78, 5) is 12.9. The average molecular weight is 366 g/mol. The van der Waals surface area contributed by atoms with Crippen LogP contribution in [0.5, 0.6) is 5.75 Å². The summed E-state index contributed by atoms with van der Waals surface area (Å²) in [5.74, 6) is 3.20. The fourth-order valence-electron chi connectivity index (χ4n) is 5.11. The second kappa shape index (κ2) is 5.81. The molecule has 2 aromatic rings. The molecule has 0 radical (unpaired) electrons. The lowest BCUT2D eigenvalue weighted by Crippen LogP contribution is -2.40. The topological polar surface area (TPSA) is 69.0 Å². The lowest BCUT2D eigenvalue weighted by molar-refractivity contribution is -0.123. The van der Waals surface area contributed by atoms with Crippen LogP contribution in [0.2, 0.25) is 0 Å². The number of aryl methyl sites for hydroxylation is 1. The van der Waals surface area contributed by atoms with Gasteiger partial charge in [0.05, 0.1) is 0 Å². The predicted octanol–water partition coefficient (Wildman–Crippen LogP) is 2.40. The first kappa shape index (κ1) is 16.8. The summed E-state index contributed by atoms with van der Waals surface area (Å²) in [5, 5.41) is 11.7. The molecule has 1 fully saturated rings. The maximum absolute atomic E-state index is 12.9. The number of amides is 1. The fraction of sp³-hybridized carbons (Fsp3) is 0.571. The molecule has 1 amide bonds. The van der Waals surface area contributed by atoms with Crippen molar-refractivity contribution in [3.05, 3.63) is 41.5 Å². The van der Waals surface area contributed by atoms with E-state index < -0.39 is 0 Å². The number of aromatic nitrogens is 3. The number of fused-ring (bicyclic) bond motifs is 3. The molecular weight excluding hydrogens is 340 g/mol. The summed E-state index contributed by atoms with van der Waals surface area (Å²) < 4.78 is 8.34. The predicted molar refractivity (Wildman–Crippen MR) is 101 cm³/mol. The van der Waals surface area contributed by atoms with Gasteiger partial charge in [-0.25, -0.2) is 0 Å². The maximum Gasteiger partial charge on any atom is 0.224 e. The summed E-state index contributed by atoms with van der Waals surface area (Å²) in [5.41, 5.74) is 0.879. The third-order valence-electron chi connectivity index (χ3n) is 6.28. The van der Waals surface area contributed by atoms with E-state index in [4.69, 9.17) is 4.74 Å². The Balaban J connectivity index is 1.26. The standard InChI is InChI=1S/C21H26N4O2/c1-20(2)13-21(14-6-3-4-7-16(14)27-20)12-15(21)19(26)22-10-9-18-24-23-17-8-5-11-25(17)18/h3-4,6-7,15H,5,8-13H2,1-2H3,(H,22,26)/t15-,21+/m1/s1. The first-order valence-electron chi connectivity index (χ1n) is 9.96. The molecule has 1 saturated carbocycles. The average Bonchev–Trinajstić information content (AvgIpc) is 2.97. The molecule has 27 heavy (non-hydrogen) atoms. The Morgan fingerprint density at radius 3 is 3.07 bits per heavy atom. The minimum Gasteiger partial charge on any atom is -0.488 e. The van der Waals surface area contributed by atoms with E-state index in [1.165, 1.54) is 5.56 Å². The number of nitrogens with zero attached hydrogens (tertiary/aromatic N) is 3. The van der Waals surface area contributed by atoms with Crippen LogP contribution in [0.25, 0.3) is 0 Å². The van der Waals surface area contributed by atoms with Crippen LogP contribution < -0.4 is 10.1 Å². The Kier molecular flexibility index (Phi) is 3.61. The highest BCUT2D eigenvalue weighted by Gasteiger charge is 2.63. The van der Waals surface area contributed by atoms with Gasteiger partial charge in [-0.05, 0) is 39.2 Å². The molecule has 1 spiro atoms. The van der Waals surface area contributed by atoms with E-state index in [0.717, 1.165) is 56.0 Å². The molecule has 5 rings (SSSR count). The zero-order chi connectivity index (χ0) is 18.6. The van der Waals surface area contributed by atoms with Crippen molar-refractivity contribution in [3.8, 4) is 5.75 Å².